The van der Waals surface area contributed by atoms with E-state index < -0.39 is 0 Å². The Morgan fingerprint density at radius 3 is 3.18 bits per heavy atom. The van der Waals surface area contributed by atoms with Gasteiger partial charge in [0.2, 0.25) is 0 Å². The van der Waals surface area contributed by atoms with Crippen LogP contribution in [0.5, 0.6) is 0 Å². The molecule has 0 spiro atoms. The van der Waals surface area contributed by atoms with Gasteiger partial charge in [0.05, 0.1) is 11.2 Å². The van der Waals surface area contributed by atoms with Crippen LogP contribution in [0.3, 0.4) is 0 Å². The number of H-pyrrole nitrogens is 1. The van der Waals surface area contributed by atoms with Gasteiger partial charge in [-0.15, -0.1) is 0 Å². The standard InChI is InChI=1S/C8H9N3/c1-5-2-8-6(3-10-5)7(9)4-11-8/h2-4,11H,9H2,1H3. The lowest BCUT2D eigenvalue weighted by Crippen LogP contribution is -1.82. The Morgan fingerprint density at radius 1 is 1.55 bits per heavy atom. The summed E-state index contributed by atoms with van der Waals surface area (Å²) in [4.78, 5) is 7.20. The second kappa shape index (κ2) is 1.99. The van der Waals surface area contributed by atoms with Gasteiger partial charge < -0.3 is 10.7 Å². The molecule has 2 heterocycles. The molecule has 0 saturated carbocycles. The minimum atomic E-state index is 0.757. The fourth-order valence-electron chi connectivity index (χ4n) is 1.14. The zero-order chi connectivity index (χ0) is 7.84. The van der Waals surface area contributed by atoms with E-state index in [-0.39, 0.29) is 0 Å². The van der Waals surface area contributed by atoms with Gasteiger partial charge in [0.1, 0.15) is 0 Å². The molecule has 0 amide bonds. The lowest BCUT2D eigenvalue weighted by Gasteiger charge is -1.91. The third kappa shape index (κ3) is 0.852. The molecule has 3 nitrogen and oxygen atoms in total. The van der Waals surface area contributed by atoms with Crippen molar-refractivity contribution < 1.29 is 0 Å². The van der Waals surface area contributed by atoms with E-state index in [4.69, 9.17) is 5.73 Å². The normalized spacial score (nSPS) is 10.6. The van der Waals surface area contributed by atoms with E-state index >= 15 is 0 Å². The molecule has 11 heavy (non-hydrogen) atoms. The maximum Gasteiger partial charge on any atom is 0.0587 e. The Kier molecular flexibility index (Phi) is 1.12. The van der Waals surface area contributed by atoms with E-state index in [2.05, 4.69) is 9.97 Å². The third-order valence-corrected chi connectivity index (χ3v) is 1.73. The molecule has 0 aromatic carbocycles. The van der Waals surface area contributed by atoms with Crippen molar-refractivity contribution >= 4 is 16.6 Å². The Balaban J connectivity index is 2.86. The number of hydrogen-bond acceptors (Lipinski definition) is 2. The molecule has 0 unspecified atom stereocenters. The summed E-state index contributed by atoms with van der Waals surface area (Å²) in [5.41, 5.74) is 8.46. The second-order valence-electron chi connectivity index (χ2n) is 2.62. The van der Waals surface area contributed by atoms with Gasteiger partial charge in [-0.05, 0) is 13.0 Å². The Hall–Kier alpha value is -1.51. The number of anilines is 1. The zero-order valence-corrected chi connectivity index (χ0v) is 6.26. The molecule has 0 aliphatic rings. The van der Waals surface area contributed by atoms with Gasteiger partial charge in [-0.1, -0.05) is 0 Å². The zero-order valence-electron chi connectivity index (χ0n) is 6.26. The predicted molar refractivity (Wildman–Crippen MR) is 45.2 cm³/mol. The van der Waals surface area contributed by atoms with Gasteiger partial charge in [-0.25, -0.2) is 0 Å². The number of nitrogens with one attached hydrogen (secondary N) is 1. The van der Waals surface area contributed by atoms with Crippen molar-refractivity contribution in [3.05, 3.63) is 24.2 Å². The average Bonchev–Trinajstić information content (AvgIpc) is 2.32. The average molecular weight is 147 g/mol. The van der Waals surface area contributed by atoms with Crippen LogP contribution >= 0.6 is 0 Å². The smallest absolute Gasteiger partial charge is 0.0587 e. The maximum atomic E-state index is 5.66. The number of aromatic amines is 1. The highest BCUT2D eigenvalue weighted by atomic mass is 14.8. The van der Waals surface area contributed by atoms with E-state index in [1.807, 2.05) is 13.0 Å². The fraction of sp³-hybridized carbons (Fsp3) is 0.125. The van der Waals surface area contributed by atoms with Crippen LogP contribution < -0.4 is 5.73 Å². The molecule has 0 radical (unpaired) electrons. The van der Waals surface area contributed by atoms with Crippen LogP contribution in [-0.4, -0.2) is 9.97 Å². The number of fused-ring (bicyclic) bond motifs is 1. The summed E-state index contributed by atoms with van der Waals surface area (Å²) in [5, 5.41) is 0.996. The first-order valence-corrected chi connectivity index (χ1v) is 3.46. The minimum Gasteiger partial charge on any atom is -0.397 e. The summed E-state index contributed by atoms with van der Waals surface area (Å²) >= 11 is 0. The van der Waals surface area contributed by atoms with E-state index in [1.54, 1.807) is 12.4 Å². The van der Waals surface area contributed by atoms with E-state index in [9.17, 15) is 0 Å². The molecule has 56 valence electrons. The first-order valence-electron chi connectivity index (χ1n) is 3.46. The van der Waals surface area contributed by atoms with Crippen molar-refractivity contribution in [2.75, 3.05) is 5.73 Å². The summed E-state index contributed by atoms with van der Waals surface area (Å²) in [6.45, 7) is 1.95. The maximum absolute atomic E-state index is 5.66. The van der Waals surface area contributed by atoms with Crippen molar-refractivity contribution in [3.8, 4) is 0 Å². The topological polar surface area (TPSA) is 54.7 Å². The van der Waals surface area contributed by atoms with Gasteiger partial charge in [0, 0.05) is 23.5 Å². The third-order valence-electron chi connectivity index (χ3n) is 1.73. The molecule has 3 heteroatoms. The lowest BCUT2D eigenvalue weighted by atomic mass is 10.3. The fourth-order valence-corrected chi connectivity index (χ4v) is 1.14. The number of nitrogens with two attached hydrogens (primary N) is 1. The highest BCUT2D eigenvalue weighted by molar-refractivity contribution is 5.90. The predicted octanol–water partition coefficient (Wildman–Crippen LogP) is 1.45. The first kappa shape index (κ1) is 6.22. The summed E-state index contributed by atoms with van der Waals surface area (Å²) in [7, 11) is 0. The summed E-state index contributed by atoms with van der Waals surface area (Å²) in [5.74, 6) is 0. The summed E-state index contributed by atoms with van der Waals surface area (Å²) < 4.78 is 0. The molecule has 0 fully saturated rings. The largest absolute Gasteiger partial charge is 0.397 e. The number of aromatic nitrogens is 2. The number of nitrogen functional groups attached to an aromatic ring is 1. The Bertz CT molecular complexity index is 389. The van der Waals surface area contributed by atoms with Gasteiger partial charge in [-0.3, -0.25) is 4.98 Å². The summed E-state index contributed by atoms with van der Waals surface area (Å²) in [6, 6.07) is 1.98. The minimum absolute atomic E-state index is 0.757. The molecule has 0 atom stereocenters. The van der Waals surface area contributed by atoms with Crippen LogP contribution in [0.2, 0.25) is 0 Å². The molecule has 2 rings (SSSR count). The Labute approximate surface area is 64.2 Å². The summed E-state index contributed by atoms with van der Waals surface area (Å²) in [6.07, 6.45) is 3.57. The molecule has 2 aromatic heterocycles. The molecule has 0 bridgehead atoms. The number of aryl methyl sites for hydroxylation is 1. The van der Waals surface area contributed by atoms with Crippen molar-refractivity contribution in [1.29, 1.82) is 0 Å². The van der Waals surface area contributed by atoms with Crippen LogP contribution in [-0.2, 0) is 0 Å². The van der Waals surface area contributed by atoms with Crippen LogP contribution in [0.4, 0.5) is 5.69 Å². The molecule has 0 aliphatic heterocycles. The van der Waals surface area contributed by atoms with Crippen LogP contribution in [0.25, 0.3) is 10.9 Å². The quantitative estimate of drug-likeness (QED) is 0.592. The van der Waals surface area contributed by atoms with Gasteiger partial charge in [0.15, 0.2) is 0 Å². The second-order valence-corrected chi connectivity index (χ2v) is 2.62. The van der Waals surface area contributed by atoms with Gasteiger partial charge in [0.25, 0.3) is 0 Å². The molecular formula is C8H9N3. The van der Waals surface area contributed by atoms with E-state index in [1.165, 1.54) is 0 Å². The first-order chi connectivity index (χ1) is 5.27. The molecule has 0 aliphatic carbocycles. The van der Waals surface area contributed by atoms with Gasteiger partial charge >= 0.3 is 0 Å². The molecule has 3 N–H and O–H groups in total. The number of rotatable bonds is 0. The van der Waals surface area contributed by atoms with Crippen molar-refractivity contribution in [3.63, 3.8) is 0 Å². The SMILES string of the molecule is Cc1cc2[nH]cc(N)c2cn1. The Morgan fingerprint density at radius 2 is 2.36 bits per heavy atom. The van der Waals surface area contributed by atoms with Crippen molar-refractivity contribution in [2.45, 2.75) is 6.92 Å². The van der Waals surface area contributed by atoms with Crippen LogP contribution in [0, 0.1) is 6.92 Å². The lowest BCUT2D eigenvalue weighted by molar-refractivity contribution is 1.22. The van der Waals surface area contributed by atoms with Crippen LogP contribution in [0.15, 0.2) is 18.5 Å². The molecule has 0 saturated heterocycles. The highest BCUT2D eigenvalue weighted by Crippen LogP contribution is 2.18. The number of pyridine rings is 1. The van der Waals surface area contributed by atoms with Crippen molar-refractivity contribution in [1.82, 2.24) is 9.97 Å². The molecule has 2 aromatic rings. The monoisotopic (exact) mass is 147 g/mol. The van der Waals surface area contributed by atoms with E-state index in [0.29, 0.717) is 0 Å². The number of hydrogen-bond donors (Lipinski definition) is 2. The number of nitrogens with zero attached hydrogens (tertiary/aromatic N) is 1. The van der Waals surface area contributed by atoms with Gasteiger partial charge in [-0.2, -0.15) is 0 Å². The highest BCUT2D eigenvalue weighted by Gasteiger charge is 1.98. The van der Waals surface area contributed by atoms with Crippen LogP contribution in [0.1, 0.15) is 5.69 Å². The molecular weight excluding hydrogens is 138 g/mol. The van der Waals surface area contributed by atoms with E-state index in [0.717, 1.165) is 22.3 Å². The van der Waals surface area contributed by atoms with Crippen molar-refractivity contribution in [2.24, 2.45) is 0 Å².